The van der Waals surface area contributed by atoms with Crippen LogP contribution < -0.4 is 15.5 Å². The molecule has 0 bridgehead atoms. The highest BCUT2D eigenvalue weighted by Crippen LogP contribution is 2.25. The van der Waals surface area contributed by atoms with Gasteiger partial charge >= 0.3 is 11.8 Å². The molecule has 1 fully saturated rings. The van der Waals surface area contributed by atoms with Crippen molar-refractivity contribution in [3.63, 3.8) is 0 Å². The molecule has 0 aliphatic carbocycles. The molecule has 2 N–H and O–H groups in total. The Bertz CT molecular complexity index is 869. The number of carbonyl (C=O) groups is 3. The van der Waals surface area contributed by atoms with E-state index in [0.717, 1.165) is 23.4 Å². The molecular formula is C20H21N3O3S. The standard InChI is InChI=1S/C20H21N3O3S/c1-27-17-10-3-2-9-16(17)22-20(26)19(25)21-14-7-6-8-15(13-14)23-12-5-4-11-18(23)24/h2-3,6-10,13H,4-5,11-12H2,1H3,(H,21,25)(H,22,26). The summed E-state index contributed by atoms with van der Waals surface area (Å²) in [5.41, 5.74) is 1.80. The predicted molar refractivity (Wildman–Crippen MR) is 108 cm³/mol. The second-order valence-electron chi connectivity index (χ2n) is 6.16. The number of benzene rings is 2. The second kappa shape index (κ2) is 8.73. The molecule has 1 aliphatic heterocycles. The van der Waals surface area contributed by atoms with Crippen molar-refractivity contribution in [2.75, 3.05) is 28.3 Å². The molecule has 3 rings (SSSR count). The molecule has 3 amide bonds. The Morgan fingerprint density at radius 1 is 1.00 bits per heavy atom. The molecule has 7 heteroatoms. The number of amides is 3. The van der Waals surface area contributed by atoms with E-state index in [0.29, 0.717) is 24.3 Å². The van der Waals surface area contributed by atoms with Crippen LogP contribution in [0.1, 0.15) is 19.3 Å². The first-order chi connectivity index (χ1) is 13.1. The first kappa shape index (κ1) is 19.0. The first-order valence-corrected chi connectivity index (χ1v) is 9.97. The van der Waals surface area contributed by atoms with Crippen molar-refractivity contribution in [3.8, 4) is 0 Å². The average Bonchev–Trinajstić information content (AvgIpc) is 2.69. The lowest BCUT2D eigenvalue weighted by atomic mass is 10.1. The third-order valence-corrected chi connectivity index (χ3v) is 5.10. The van der Waals surface area contributed by atoms with Crippen molar-refractivity contribution in [1.29, 1.82) is 0 Å². The van der Waals surface area contributed by atoms with Gasteiger partial charge in [-0.05, 0) is 49.4 Å². The Kier molecular flexibility index (Phi) is 6.13. The van der Waals surface area contributed by atoms with Crippen molar-refractivity contribution in [2.45, 2.75) is 24.2 Å². The molecule has 2 aromatic carbocycles. The number of para-hydroxylation sites is 1. The molecule has 2 aromatic rings. The van der Waals surface area contributed by atoms with Crippen LogP contribution in [0.25, 0.3) is 0 Å². The lowest BCUT2D eigenvalue weighted by Gasteiger charge is -2.27. The first-order valence-electron chi connectivity index (χ1n) is 8.74. The van der Waals surface area contributed by atoms with Crippen LogP contribution in [-0.2, 0) is 14.4 Å². The summed E-state index contributed by atoms with van der Waals surface area (Å²) in [5.74, 6) is -1.42. The summed E-state index contributed by atoms with van der Waals surface area (Å²) in [5, 5.41) is 5.23. The minimum Gasteiger partial charge on any atom is -0.318 e. The Hall–Kier alpha value is -2.80. The third-order valence-electron chi connectivity index (χ3n) is 4.30. The van der Waals surface area contributed by atoms with E-state index in [1.54, 1.807) is 35.2 Å². The number of hydrogen-bond donors (Lipinski definition) is 2. The van der Waals surface area contributed by atoms with Crippen LogP contribution in [0.3, 0.4) is 0 Å². The van der Waals surface area contributed by atoms with E-state index >= 15 is 0 Å². The van der Waals surface area contributed by atoms with Gasteiger partial charge in [0.05, 0.1) is 5.69 Å². The topological polar surface area (TPSA) is 78.5 Å². The number of anilines is 3. The number of nitrogens with zero attached hydrogens (tertiary/aromatic N) is 1. The molecule has 0 aromatic heterocycles. The van der Waals surface area contributed by atoms with Gasteiger partial charge in [-0.25, -0.2) is 0 Å². The molecule has 0 atom stereocenters. The van der Waals surface area contributed by atoms with Crippen molar-refractivity contribution < 1.29 is 14.4 Å². The van der Waals surface area contributed by atoms with Gasteiger partial charge in [-0.3, -0.25) is 14.4 Å². The Labute approximate surface area is 162 Å². The lowest BCUT2D eigenvalue weighted by Crippen LogP contribution is -2.35. The van der Waals surface area contributed by atoms with Gasteiger partial charge in [0.1, 0.15) is 0 Å². The number of carbonyl (C=O) groups excluding carboxylic acids is 3. The predicted octanol–water partition coefficient (Wildman–Crippen LogP) is 3.50. The van der Waals surface area contributed by atoms with E-state index in [2.05, 4.69) is 10.6 Å². The molecule has 0 radical (unpaired) electrons. The van der Waals surface area contributed by atoms with Crippen LogP contribution in [0.2, 0.25) is 0 Å². The molecule has 0 spiro atoms. The van der Waals surface area contributed by atoms with Crippen LogP contribution in [-0.4, -0.2) is 30.5 Å². The van der Waals surface area contributed by atoms with Gasteiger partial charge in [-0.15, -0.1) is 11.8 Å². The molecule has 27 heavy (non-hydrogen) atoms. The van der Waals surface area contributed by atoms with Crippen molar-refractivity contribution in [2.24, 2.45) is 0 Å². The Morgan fingerprint density at radius 3 is 2.56 bits per heavy atom. The number of thioether (sulfide) groups is 1. The highest BCUT2D eigenvalue weighted by atomic mass is 32.2. The summed E-state index contributed by atoms with van der Waals surface area (Å²) < 4.78 is 0. The van der Waals surface area contributed by atoms with Crippen LogP contribution in [0.4, 0.5) is 17.1 Å². The maximum atomic E-state index is 12.3. The summed E-state index contributed by atoms with van der Waals surface area (Å²) in [4.78, 5) is 39.2. The maximum Gasteiger partial charge on any atom is 0.314 e. The number of nitrogens with one attached hydrogen (secondary N) is 2. The van der Waals surface area contributed by atoms with Crippen molar-refractivity contribution in [1.82, 2.24) is 0 Å². The lowest BCUT2D eigenvalue weighted by molar-refractivity contribution is -0.133. The fraction of sp³-hybridized carbons (Fsp3) is 0.250. The van der Waals surface area contributed by atoms with E-state index in [1.807, 2.05) is 24.5 Å². The number of piperidine rings is 1. The van der Waals surface area contributed by atoms with Crippen molar-refractivity contribution >= 4 is 46.5 Å². The van der Waals surface area contributed by atoms with Crippen LogP contribution in [0.5, 0.6) is 0 Å². The average molecular weight is 383 g/mol. The normalized spacial score (nSPS) is 14.0. The Balaban J connectivity index is 1.67. The monoisotopic (exact) mass is 383 g/mol. The van der Waals surface area contributed by atoms with Gasteiger partial charge in [0.15, 0.2) is 0 Å². The largest absolute Gasteiger partial charge is 0.318 e. The molecule has 0 unspecified atom stereocenters. The minimum absolute atomic E-state index is 0.0798. The highest BCUT2D eigenvalue weighted by molar-refractivity contribution is 7.98. The van der Waals surface area contributed by atoms with E-state index in [4.69, 9.17) is 0 Å². The molecule has 140 valence electrons. The minimum atomic E-state index is -0.756. The van der Waals surface area contributed by atoms with Gasteiger partial charge in [0.2, 0.25) is 5.91 Å². The molecule has 6 nitrogen and oxygen atoms in total. The number of rotatable bonds is 4. The van der Waals surface area contributed by atoms with Gasteiger partial charge in [-0.2, -0.15) is 0 Å². The summed E-state index contributed by atoms with van der Waals surface area (Å²) >= 11 is 1.49. The fourth-order valence-corrected chi connectivity index (χ4v) is 3.50. The summed E-state index contributed by atoms with van der Waals surface area (Å²) in [6, 6.07) is 14.3. The smallest absolute Gasteiger partial charge is 0.314 e. The van der Waals surface area contributed by atoms with Crippen LogP contribution >= 0.6 is 11.8 Å². The molecular weight excluding hydrogens is 362 g/mol. The third kappa shape index (κ3) is 4.68. The Morgan fingerprint density at radius 2 is 1.78 bits per heavy atom. The van der Waals surface area contributed by atoms with E-state index in [-0.39, 0.29) is 5.91 Å². The van der Waals surface area contributed by atoms with Gasteiger partial charge in [0, 0.05) is 29.2 Å². The summed E-state index contributed by atoms with van der Waals surface area (Å²) in [7, 11) is 0. The van der Waals surface area contributed by atoms with Gasteiger partial charge in [0.25, 0.3) is 0 Å². The van der Waals surface area contributed by atoms with E-state index < -0.39 is 11.8 Å². The van der Waals surface area contributed by atoms with Crippen LogP contribution in [0, 0.1) is 0 Å². The molecule has 1 heterocycles. The van der Waals surface area contributed by atoms with Crippen LogP contribution in [0.15, 0.2) is 53.4 Å². The zero-order valence-electron chi connectivity index (χ0n) is 15.0. The number of hydrogen-bond acceptors (Lipinski definition) is 4. The quantitative estimate of drug-likeness (QED) is 0.626. The zero-order chi connectivity index (χ0) is 19.2. The SMILES string of the molecule is CSc1ccccc1NC(=O)C(=O)Nc1cccc(N2CCCCC2=O)c1. The molecule has 1 aliphatic rings. The van der Waals surface area contributed by atoms with Crippen molar-refractivity contribution in [3.05, 3.63) is 48.5 Å². The van der Waals surface area contributed by atoms with Gasteiger partial charge < -0.3 is 15.5 Å². The summed E-state index contributed by atoms with van der Waals surface area (Å²) in [6.45, 7) is 0.669. The molecule has 1 saturated heterocycles. The fourth-order valence-electron chi connectivity index (χ4n) is 2.95. The van der Waals surface area contributed by atoms with E-state index in [1.165, 1.54) is 11.8 Å². The maximum absolute atomic E-state index is 12.3. The second-order valence-corrected chi connectivity index (χ2v) is 7.01. The summed E-state index contributed by atoms with van der Waals surface area (Å²) in [6.07, 6.45) is 4.30. The zero-order valence-corrected chi connectivity index (χ0v) is 15.8. The van der Waals surface area contributed by atoms with E-state index in [9.17, 15) is 14.4 Å². The molecule has 0 saturated carbocycles. The highest BCUT2D eigenvalue weighted by Gasteiger charge is 2.20. The van der Waals surface area contributed by atoms with Gasteiger partial charge in [-0.1, -0.05) is 18.2 Å².